The number of terminal acetylenes is 1. The van der Waals surface area contributed by atoms with Gasteiger partial charge < -0.3 is 19.4 Å². The Kier molecular flexibility index (Phi) is 5.81. The number of hydrogen-bond acceptors (Lipinski definition) is 4. The first kappa shape index (κ1) is 20.8. The molecule has 4 nitrogen and oxygen atoms in total. The summed E-state index contributed by atoms with van der Waals surface area (Å²) in [5, 5.41) is 22.4. The minimum absolute atomic E-state index is 0.00894. The van der Waals surface area contributed by atoms with Crippen molar-refractivity contribution in [1.29, 1.82) is 0 Å². The van der Waals surface area contributed by atoms with E-state index in [1.165, 1.54) is 0 Å². The molecule has 0 spiro atoms. The molecule has 0 radical (unpaired) electrons. The van der Waals surface area contributed by atoms with Crippen LogP contribution in [-0.4, -0.2) is 43.1 Å². The summed E-state index contributed by atoms with van der Waals surface area (Å²) in [5.74, 6) is 2.55. The molecule has 5 heteroatoms. The van der Waals surface area contributed by atoms with Gasteiger partial charge in [0.1, 0.15) is 6.10 Å². The van der Waals surface area contributed by atoms with Crippen LogP contribution in [0.25, 0.3) is 0 Å². The predicted octanol–water partition coefficient (Wildman–Crippen LogP) is 2.03. The zero-order chi connectivity index (χ0) is 20.4. The monoisotopic (exact) mass is 396 g/mol. The van der Waals surface area contributed by atoms with E-state index >= 15 is 0 Å². The van der Waals surface area contributed by atoms with Gasteiger partial charge in [0, 0.05) is 6.42 Å². The predicted molar refractivity (Wildman–Crippen MR) is 113 cm³/mol. The molecule has 148 valence electrons. The van der Waals surface area contributed by atoms with Crippen molar-refractivity contribution in [3.05, 3.63) is 60.7 Å². The van der Waals surface area contributed by atoms with Crippen molar-refractivity contribution in [2.24, 2.45) is 0 Å². The fourth-order valence-electron chi connectivity index (χ4n) is 4.03. The largest absolute Gasteiger partial charge is 0.403 e. The molecule has 0 aromatic heterocycles. The average molecular weight is 397 g/mol. The molecule has 0 saturated carbocycles. The summed E-state index contributed by atoms with van der Waals surface area (Å²) in [6.07, 6.45) is 3.73. The van der Waals surface area contributed by atoms with E-state index in [0.717, 1.165) is 10.4 Å². The molecule has 1 aliphatic rings. The smallest absolute Gasteiger partial charge is 0.261 e. The van der Waals surface area contributed by atoms with Crippen molar-refractivity contribution in [1.82, 2.24) is 0 Å². The lowest BCUT2D eigenvalue weighted by atomic mass is 9.99. The number of aliphatic hydroxyl groups is 2. The SMILES string of the molecule is C#C[C@]1(CO[Si](c2ccccc2)(c2ccccc2)C(C)(C)C)OC(O)C[C@@H]1O. The summed E-state index contributed by atoms with van der Waals surface area (Å²) >= 11 is 0. The summed E-state index contributed by atoms with van der Waals surface area (Å²) < 4.78 is 12.3. The molecule has 3 rings (SSSR count). The second-order valence-electron chi connectivity index (χ2n) is 8.31. The van der Waals surface area contributed by atoms with Crippen LogP contribution in [-0.2, 0) is 9.16 Å². The van der Waals surface area contributed by atoms with Crippen molar-refractivity contribution in [3.8, 4) is 12.3 Å². The molecule has 1 saturated heterocycles. The first-order chi connectivity index (χ1) is 13.2. The van der Waals surface area contributed by atoms with E-state index in [4.69, 9.17) is 15.6 Å². The van der Waals surface area contributed by atoms with Crippen molar-refractivity contribution in [3.63, 3.8) is 0 Å². The third kappa shape index (κ3) is 3.55. The fourth-order valence-corrected chi connectivity index (χ4v) is 8.62. The van der Waals surface area contributed by atoms with Crippen LogP contribution in [0.4, 0.5) is 0 Å². The number of aliphatic hydroxyl groups excluding tert-OH is 2. The van der Waals surface area contributed by atoms with Crippen molar-refractivity contribution in [2.45, 2.75) is 50.2 Å². The number of rotatable bonds is 5. The van der Waals surface area contributed by atoms with E-state index in [0.29, 0.717) is 0 Å². The molecule has 1 fully saturated rings. The number of hydrogen-bond donors (Lipinski definition) is 2. The molecule has 3 atom stereocenters. The highest BCUT2D eigenvalue weighted by molar-refractivity contribution is 6.99. The first-order valence-corrected chi connectivity index (χ1v) is 11.4. The summed E-state index contributed by atoms with van der Waals surface area (Å²) in [6.45, 7) is 6.52. The summed E-state index contributed by atoms with van der Waals surface area (Å²) in [7, 11) is -2.80. The highest BCUT2D eigenvalue weighted by Crippen LogP contribution is 2.39. The van der Waals surface area contributed by atoms with Crippen molar-refractivity contribution in [2.75, 3.05) is 6.61 Å². The van der Waals surface area contributed by atoms with Crippen LogP contribution in [0.5, 0.6) is 0 Å². The highest BCUT2D eigenvalue weighted by Gasteiger charge is 2.54. The fraction of sp³-hybridized carbons (Fsp3) is 0.391. The molecule has 2 N–H and O–H groups in total. The van der Waals surface area contributed by atoms with Gasteiger partial charge in [-0.2, -0.15) is 0 Å². The molecule has 1 aliphatic heterocycles. The average Bonchev–Trinajstić information content (AvgIpc) is 2.96. The second-order valence-corrected chi connectivity index (χ2v) is 12.6. The number of benzene rings is 2. The van der Waals surface area contributed by atoms with Gasteiger partial charge in [0.25, 0.3) is 8.32 Å². The van der Waals surface area contributed by atoms with Gasteiger partial charge in [0.15, 0.2) is 11.9 Å². The maximum absolute atomic E-state index is 10.5. The maximum atomic E-state index is 10.5. The van der Waals surface area contributed by atoms with E-state index in [2.05, 4.69) is 51.0 Å². The first-order valence-electron chi connectivity index (χ1n) is 9.52. The minimum atomic E-state index is -2.80. The molecular formula is C23H28O4Si. The molecule has 0 aliphatic carbocycles. The Morgan fingerprint density at radius 2 is 1.57 bits per heavy atom. The quantitative estimate of drug-likeness (QED) is 0.600. The summed E-state index contributed by atoms with van der Waals surface area (Å²) in [6, 6.07) is 20.4. The Labute approximate surface area is 168 Å². The Morgan fingerprint density at radius 3 is 1.93 bits per heavy atom. The Balaban J connectivity index is 2.11. The topological polar surface area (TPSA) is 58.9 Å². The molecule has 0 amide bonds. The third-order valence-corrected chi connectivity index (χ3v) is 10.5. The minimum Gasteiger partial charge on any atom is -0.403 e. The zero-order valence-corrected chi connectivity index (χ0v) is 17.6. The van der Waals surface area contributed by atoms with Crippen LogP contribution in [0.2, 0.25) is 5.04 Å². The van der Waals surface area contributed by atoms with Gasteiger partial charge in [-0.15, -0.1) is 6.42 Å². The zero-order valence-electron chi connectivity index (χ0n) is 16.6. The van der Waals surface area contributed by atoms with Crippen molar-refractivity contribution >= 4 is 18.7 Å². The van der Waals surface area contributed by atoms with Gasteiger partial charge in [0.2, 0.25) is 0 Å². The second kappa shape index (κ2) is 7.82. The molecule has 0 bridgehead atoms. The standard InChI is InChI=1S/C23H28O4Si/c1-5-23(20(24)16-21(25)27-23)17-26-28(22(2,3)4,18-12-8-6-9-13-18)19-14-10-7-11-15-19/h1,6-15,20-21,24-25H,16-17H2,2-4H3/t20-,21?,23+/m0/s1. The van der Waals surface area contributed by atoms with Crippen LogP contribution in [0.3, 0.4) is 0 Å². The van der Waals surface area contributed by atoms with Gasteiger partial charge in [0.05, 0.1) is 6.61 Å². The third-order valence-electron chi connectivity index (χ3n) is 5.47. The normalized spacial score (nSPS) is 25.4. The van der Waals surface area contributed by atoms with Gasteiger partial charge in [-0.3, -0.25) is 0 Å². The molecule has 2 aromatic carbocycles. The summed E-state index contributed by atoms with van der Waals surface area (Å²) in [4.78, 5) is 0. The van der Waals surface area contributed by atoms with Crippen LogP contribution >= 0.6 is 0 Å². The van der Waals surface area contributed by atoms with Crippen molar-refractivity contribution < 1.29 is 19.4 Å². The van der Waals surface area contributed by atoms with Crippen LogP contribution < -0.4 is 10.4 Å². The Hall–Kier alpha value is -1.94. The molecule has 2 aromatic rings. The van der Waals surface area contributed by atoms with Gasteiger partial charge >= 0.3 is 0 Å². The lowest BCUT2D eigenvalue weighted by molar-refractivity contribution is -0.137. The van der Waals surface area contributed by atoms with Gasteiger partial charge in [-0.25, -0.2) is 0 Å². The van der Waals surface area contributed by atoms with Gasteiger partial charge in [-0.05, 0) is 15.4 Å². The lowest BCUT2D eigenvalue weighted by Crippen LogP contribution is -2.68. The number of ether oxygens (including phenoxy) is 1. The Bertz CT molecular complexity index is 786. The Morgan fingerprint density at radius 1 is 1.07 bits per heavy atom. The lowest BCUT2D eigenvalue weighted by Gasteiger charge is -2.44. The van der Waals surface area contributed by atoms with E-state index in [1.54, 1.807) is 0 Å². The molecule has 28 heavy (non-hydrogen) atoms. The van der Waals surface area contributed by atoms with Gasteiger partial charge in [-0.1, -0.05) is 87.4 Å². The van der Waals surface area contributed by atoms with E-state index < -0.39 is 26.3 Å². The van der Waals surface area contributed by atoms with E-state index in [1.807, 2.05) is 36.4 Å². The van der Waals surface area contributed by atoms with E-state index in [-0.39, 0.29) is 18.1 Å². The van der Waals surface area contributed by atoms with E-state index in [9.17, 15) is 10.2 Å². The molecule has 1 unspecified atom stereocenters. The van der Waals surface area contributed by atoms with Crippen LogP contribution in [0.1, 0.15) is 27.2 Å². The molecular weight excluding hydrogens is 368 g/mol. The van der Waals surface area contributed by atoms with Crippen LogP contribution in [0.15, 0.2) is 60.7 Å². The highest BCUT2D eigenvalue weighted by atomic mass is 28.4. The molecule has 1 heterocycles. The van der Waals surface area contributed by atoms with Crippen LogP contribution in [0, 0.1) is 12.3 Å². The maximum Gasteiger partial charge on any atom is 0.261 e. The summed E-state index contributed by atoms with van der Waals surface area (Å²) in [5.41, 5.74) is -1.35.